The maximum atomic E-state index is 9.00. The highest BCUT2D eigenvalue weighted by Gasteiger charge is 2.02. The summed E-state index contributed by atoms with van der Waals surface area (Å²) in [4.78, 5) is 9.00. The van der Waals surface area contributed by atoms with E-state index in [-0.39, 0.29) is 12.1 Å². The average Bonchev–Trinajstić information content (AvgIpc) is 1.58. The number of quaternary nitrogens is 1. The number of urea groups is 1. The fourth-order valence-corrected chi connectivity index (χ4v) is 0.300. The molecule has 0 saturated heterocycles. The molecule has 0 bridgehead atoms. The summed E-state index contributed by atoms with van der Waals surface area (Å²) in [5.41, 5.74) is 8.50. The Kier molecular flexibility index (Phi) is 11.9. The number of amides is 2. The minimum atomic E-state index is -0.833. The van der Waals surface area contributed by atoms with Gasteiger partial charge in [-0.1, -0.05) is 0 Å². The first-order valence-corrected chi connectivity index (χ1v) is 3.26. The number of rotatable bonds is 2. The monoisotopic (exact) mass is 181 g/mol. The van der Waals surface area contributed by atoms with Gasteiger partial charge in [0.05, 0.1) is 27.7 Å². The van der Waals surface area contributed by atoms with Crippen LogP contribution < -0.4 is 11.5 Å². The minimum absolute atomic E-state index is 0. The highest BCUT2D eigenvalue weighted by molar-refractivity contribution is 5.69. The standard InChI is InChI=1S/C5H14NO.CH4N2O.H2O/c1-6(2,3)4-5-7;2-1(3)4;/h7H,4-5H2,1-3H3;(H4,2,3,4);1H2/q+1;;/p-1. The maximum Gasteiger partial charge on any atom is 0.309 e. The molecule has 0 spiro atoms. The van der Waals surface area contributed by atoms with E-state index < -0.39 is 6.03 Å². The predicted octanol–water partition coefficient (Wildman–Crippen LogP) is -1.47. The minimum Gasteiger partial charge on any atom is -0.870 e. The summed E-state index contributed by atoms with van der Waals surface area (Å²) < 4.78 is 0.844. The summed E-state index contributed by atoms with van der Waals surface area (Å²) in [6, 6.07) is -0.833. The van der Waals surface area contributed by atoms with Crippen LogP contribution in [0.25, 0.3) is 0 Å². The molecule has 0 aromatic rings. The third-order valence-electron chi connectivity index (χ3n) is 0.771. The zero-order chi connectivity index (χ0) is 9.49. The van der Waals surface area contributed by atoms with Crippen molar-refractivity contribution >= 4 is 6.03 Å². The molecule has 0 rings (SSSR count). The van der Waals surface area contributed by atoms with Crippen molar-refractivity contribution in [2.75, 3.05) is 34.3 Å². The average molecular weight is 181 g/mol. The zero-order valence-corrected chi connectivity index (χ0v) is 7.82. The van der Waals surface area contributed by atoms with Gasteiger partial charge in [0.15, 0.2) is 0 Å². The summed E-state index contributed by atoms with van der Waals surface area (Å²) in [6.07, 6.45) is 0. The van der Waals surface area contributed by atoms with Crippen LogP contribution >= 0.6 is 0 Å². The molecule has 0 aliphatic heterocycles. The molecule has 0 saturated carbocycles. The van der Waals surface area contributed by atoms with Gasteiger partial charge in [0.1, 0.15) is 6.54 Å². The van der Waals surface area contributed by atoms with Crippen LogP contribution in [-0.2, 0) is 0 Å². The van der Waals surface area contributed by atoms with Crippen molar-refractivity contribution in [1.29, 1.82) is 0 Å². The van der Waals surface area contributed by atoms with E-state index in [0.29, 0.717) is 0 Å². The number of nitrogens with zero attached hydrogens (tertiary/aromatic N) is 1. The van der Waals surface area contributed by atoms with Crippen molar-refractivity contribution in [3.05, 3.63) is 0 Å². The number of hydrogen-bond acceptors (Lipinski definition) is 3. The Bertz CT molecular complexity index is 107. The second-order valence-corrected chi connectivity index (χ2v) is 3.14. The van der Waals surface area contributed by atoms with E-state index in [1.165, 1.54) is 0 Å². The van der Waals surface area contributed by atoms with Crippen LogP contribution in [0.2, 0.25) is 0 Å². The van der Waals surface area contributed by atoms with E-state index in [1.807, 2.05) is 0 Å². The summed E-state index contributed by atoms with van der Waals surface area (Å²) in [6.45, 7) is 1.11. The van der Waals surface area contributed by atoms with Gasteiger partial charge in [-0.2, -0.15) is 0 Å². The first kappa shape index (κ1) is 17.3. The van der Waals surface area contributed by atoms with Crippen molar-refractivity contribution in [1.82, 2.24) is 0 Å². The first-order valence-electron chi connectivity index (χ1n) is 3.26. The Morgan fingerprint density at radius 2 is 1.58 bits per heavy atom. The van der Waals surface area contributed by atoms with Crippen LogP contribution in [0.1, 0.15) is 0 Å². The molecule has 6 heteroatoms. The molecule has 0 aromatic carbocycles. The molecule has 6 nitrogen and oxygen atoms in total. The van der Waals surface area contributed by atoms with Crippen LogP contribution in [0, 0.1) is 0 Å². The maximum absolute atomic E-state index is 9.00. The van der Waals surface area contributed by atoms with Crippen LogP contribution in [0.3, 0.4) is 0 Å². The highest BCUT2D eigenvalue weighted by atomic mass is 16.3. The molecule has 2 amide bonds. The van der Waals surface area contributed by atoms with Gasteiger partial charge in [-0.3, -0.25) is 0 Å². The Hall–Kier alpha value is -0.850. The lowest BCUT2D eigenvalue weighted by Gasteiger charge is -2.21. The lowest BCUT2D eigenvalue weighted by Crippen LogP contribution is -2.36. The van der Waals surface area contributed by atoms with Gasteiger partial charge in [-0.05, 0) is 0 Å². The number of nitrogens with two attached hydrogens (primary N) is 2. The van der Waals surface area contributed by atoms with E-state index in [4.69, 9.17) is 9.90 Å². The summed E-state index contributed by atoms with van der Waals surface area (Å²) in [5, 5.41) is 8.39. The lowest BCUT2D eigenvalue weighted by molar-refractivity contribution is -0.870. The van der Waals surface area contributed by atoms with Crippen LogP contribution in [0.4, 0.5) is 4.79 Å². The molecule has 6 N–H and O–H groups in total. The first-order chi connectivity index (χ1) is 4.79. The van der Waals surface area contributed by atoms with Gasteiger partial charge < -0.3 is 26.5 Å². The molecule has 0 unspecified atom stereocenters. The lowest BCUT2D eigenvalue weighted by atomic mass is 10.5. The van der Waals surface area contributed by atoms with Gasteiger partial charge in [0.2, 0.25) is 0 Å². The van der Waals surface area contributed by atoms with E-state index >= 15 is 0 Å². The van der Waals surface area contributed by atoms with Crippen molar-refractivity contribution in [2.24, 2.45) is 11.5 Å². The third-order valence-corrected chi connectivity index (χ3v) is 0.771. The van der Waals surface area contributed by atoms with Gasteiger partial charge >= 0.3 is 6.03 Å². The van der Waals surface area contributed by atoms with Crippen molar-refractivity contribution in [2.45, 2.75) is 0 Å². The molecule has 0 aliphatic carbocycles. The SMILES string of the molecule is C[N+](C)(C)CCO.NC(N)=O.[OH-]. The molecule has 0 fully saturated rings. The molecule has 0 aromatic heterocycles. The number of primary amides is 2. The summed E-state index contributed by atoms with van der Waals surface area (Å²) in [5.74, 6) is 0. The summed E-state index contributed by atoms with van der Waals surface area (Å²) >= 11 is 0. The van der Waals surface area contributed by atoms with E-state index in [2.05, 4.69) is 32.6 Å². The van der Waals surface area contributed by atoms with Crippen LogP contribution in [0.15, 0.2) is 0 Å². The van der Waals surface area contributed by atoms with Crippen molar-refractivity contribution in [3.63, 3.8) is 0 Å². The second-order valence-electron chi connectivity index (χ2n) is 3.14. The van der Waals surface area contributed by atoms with E-state index in [1.54, 1.807) is 0 Å². The Balaban J connectivity index is -0.000000142. The van der Waals surface area contributed by atoms with Crippen molar-refractivity contribution < 1.29 is 19.9 Å². The van der Waals surface area contributed by atoms with Gasteiger partial charge in [-0.25, -0.2) is 4.79 Å². The van der Waals surface area contributed by atoms with E-state index in [0.717, 1.165) is 11.0 Å². The van der Waals surface area contributed by atoms with Crippen LogP contribution in [-0.4, -0.2) is 55.4 Å². The molecule has 0 radical (unpaired) electrons. The molecule has 0 atom stereocenters. The summed E-state index contributed by atoms with van der Waals surface area (Å²) in [7, 11) is 6.16. The predicted molar refractivity (Wildman–Crippen MR) is 45.7 cm³/mol. The Morgan fingerprint density at radius 3 is 1.58 bits per heavy atom. The van der Waals surface area contributed by atoms with Gasteiger partial charge in [0.25, 0.3) is 0 Å². The number of likely N-dealkylation sites (N-methyl/N-ethyl adjacent to an activating group) is 1. The number of aliphatic hydroxyl groups excluding tert-OH is 1. The number of aliphatic hydroxyl groups is 1. The fourth-order valence-electron chi connectivity index (χ4n) is 0.300. The molecule has 0 aliphatic rings. The zero-order valence-electron chi connectivity index (χ0n) is 7.82. The second kappa shape index (κ2) is 8.25. The molecule has 12 heavy (non-hydrogen) atoms. The smallest absolute Gasteiger partial charge is 0.309 e. The Morgan fingerprint density at radius 1 is 1.33 bits per heavy atom. The fraction of sp³-hybridized carbons (Fsp3) is 0.833. The molecular weight excluding hydrogens is 162 g/mol. The van der Waals surface area contributed by atoms with E-state index in [9.17, 15) is 0 Å². The Labute approximate surface area is 72.7 Å². The quantitative estimate of drug-likeness (QED) is 0.451. The number of hydrogen-bond donors (Lipinski definition) is 3. The number of carbonyl (C=O) groups excluding carboxylic acids is 1. The topological polar surface area (TPSA) is 119 Å². The van der Waals surface area contributed by atoms with Crippen LogP contribution in [0.5, 0.6) is 0 Å². The molecule has 76 valence electrons. The molecular formula is C6H19N3O3. The highest BCUT2D eigenvalue weighted by Crippen LogP contribution is 1.84. The molecule has 0 heterocycles. The van der Waals surface area contributed by atoms with Gasteiger partial charge in [-0.15, -0.1) is 0 Å². The number of carbonyl (C=O) groups is 1. The van der Waals surface area contributed by atoms with Crippen molar-refractivity contribution in [3.8, 4) is 0 Å². The normalized spacial score (nSPS) is 9.00. The third kappa shape index (κ3) is 61.3. The largest absolute Gasteiger partial charge is 0.870 e. The van der Waals surface area contributed by atoms with Gasteiger partial charge in [0, 0.05) is 0 Å².